The zero-order valence-electron chi connectivity index (χ0n) is 8.99. The number of para-hydroxylation sites is 1. The van der Waals surface area contributed by atoms with Crippen LogP contribution in [-0.2, 0) is 0 Å². The van der Waals surface area contributed by atoms with Gasteiger partial charge in [0.15, 0.2) is 0 Å². The molecule has 1 aromatic carbocycles. The van der Waals surface area contributed by atoms with Crippen molar-refractivity contribution in [3.05, 3.63) is 52.2 Å². The molecule has 1 aromatic heterocycles. The number of hydrogen-bond donors (Lipinski definition) is 1. The van der Waals surface area contributed by atoms with Gasteiger partial charge in [-0.3, -0.25) is 4.79 Å². The Morgan fingerprint density at radius 2 is 1.94 bits per heavy atom. The first-order valence-corrected chi connectivity index (χ1v) is 4.86. The Balaban J connectivity index is 2.72. The molecule has 0 amide bonds. The van der Waals surface area contributed by atoms with Crippen LogP contribution in [0, 0.1) is 6.92 Å². The van der Waals surface area contributed by atoms with Crippen molar-refractivity contribution in [3.63, 3.8) is 0 Å². The van der Waals surface area contributed by atoms with E-state index in [0.717, 1.165) is 4.68 Å². The Hall–Kier alpha value is -2.50. The first kappa shape index (κ1) is 11.0. The minimum Gasteiger partial charge on any atom is -0.476 e. The summed E-state index contributed by atoms with van der Waals surface area (Å²) >= 11 is 0. The smallest absolute Gasteiger partial charge is 0.360 e. The average molecular weight is 231 g/mol. The highest BCUT2D eigenvalue weighted by atomic mass is 16.4. The molecule has 0 fully saturated rings. The molecular weight excluding hydrogens is 222 g/mol. The highest BCUT2D eigenvalue weighted by molar-refractivity contribution is 5.84. The maximum Gasteiger partial charge on any atom is 0.360 e. The molecule has 0 aliphatic rings. The molecule has 0 saturated heterocycles. The van der Waals surface area contributed by atoms with Crippen LogP contribution in [0.25, 0.3) is 5.69 Å². The van der Waals surface area contributed by atoms with Crippen LogP contribution < -0.4 is 5.56 Å². The van der Waals surface area contributed by atoms with Crippen molar-refractivity contribution in [1.29, 1.82) is 0 Å². The molecule has 1 heterocycles. The topological polar surface area (TPSA) is 85.1 Å². The van der Waals surface area contributed by atoms with Gasteiger partial charge in [0.05, 0.1) is 5.69 Å². The van der Waals surface area contributed by atoms with Crippen LogP contribution >= 0.6 is 0 Å². The van der Waals surface area contributed by atoms with Gasteiger partial charge in [0.25, 0.3) is 0 Å². The van der Waals surface area contributed by atoms with Gasteiger partial charge in [-0.05, 0) is 19.1 Å². The molecule has 6 nitrogen and oxygen atoms in total. The molecular formula is C11H9N3O3. The molecule has 0 atom stereocenters. The zero-order valence-corrected chi connectivity index (χ0v) is 8.99. The summed E-state index contributed by atoms with van der Waals surface area (Å²) in [6.45, 7) is 1.53. The molecule has 0 aliphatic heterocycles. The molecule has 86 valence electrons. The summed E-state index contributed by atoms with van der Waals surface area (Å²) < 4.78 is 1.03. The second-order valence-electron chi connectivity index (χ2n) is 3.37. The first-order valence-electron chi connectivity index (χ1n) is 4.86. The van der Waals surface area contributed by atoms with Crippen molar-refractivity contribution >= 4 is 5.97 Å². The van der Waals surface area contributed by atoms with Crippen LogP contribution in [0.15, 0.2) is 35.1 Å². The number of rotatable bonds is 2. The second kappa shape index (κ2) is 4.17. The highest BCUT2D eigenvalue weighted by Gasteiger charge is 2.15. The van der Waals surface area contributed by atoms with Crippen LogP contribution in [-0.4, -0.2) is 25.8 Å². The Labute approximate surface area is 96.2 Å². The quantitative estimate of drug-likeness (QED) is 0.819. The third kappa shape index (κ3) is 2.05. The van der Waals surface area contributed by atoms with Gasteiger partial charge >= 0.3 is 11.5 Å². The van der Waals surface area contributed by atoms with Crippen LogP contribution in [0.2, 0.25) is 0 Å². The molecule has 0 unspecified atom stereocenters. The van der Waals surface area contributed by atoms with Gasteiger partial charge in [-0.15, -0.1) is 5.10 Å². The highest BCUT2D eigenvalue weighted by Crippen LogP contribution is 2.02. The van der Waals surface area contributed by atoms with Gasteiger partial charge in [-0.1, -0.05) is 18.2 Å². The SMILES string of the molecule is Cc1nc(C(=O)O)c(=O)n(-c2ccccc2)n1. The van der Waals surface area contributed by atoms with Crippen molar-refractivity contribution in [2.24, 2.45) is 0 Å². The standard InChI is InChI=1S/C11H9N3O3/c1-7-12-9(11(16)17)10(15)14(13-7)8-5-3-2-4-6-8/h2-6H,1H3,(H,16,17). The Morgan fingerprint density at radius 1 is 1.29 bits per heavy atom. The number of aromatic carboxylic acids is 1. The van der Waals surface area contributed by atoms with E-state index in [1.54, 1.807) is 30.3 Å². The molecule has 6 heteroatoms. The number of hydrogen-bond acceptors (Lipinski definition) is 4. The van der Waals surface area contributed by atoms with Crippen LogP contribution in [0.1, 0.15) is 16.3 Å². The number of carboxylic acid groups (broad SMARTS) is 1. The van der Waals surface area contributed by atoms with Crippen LogP contribution in [0.4, 0.5) is 0 Å². The molecule has 17 heavy (non-hydrogen) atoms. The summed E-state index contributed by atoms with van der Waals surface area (Å²) in [5.74, 6) is -1.13. The van der Waals surface area contributed by atoms with Gasteiger partial charge in [-0.2, -0.15) is 4.68 Å². The minimum atomic E-state index is -1.36. The summed E-state index contributed by atoms with van der Waals surface area (Å²) in [6, 6.07) is 8.60. The maximum absolute atomic E-state index is 11.8. The predicted octanol–water partition coefficient (Wildman–Crippen LogP) is 0.634. The number of aryl methyl sites for hydroxylation is 1. The number of nitrogens with zero attached hydrogens (tertiary/aromatic N) is 3. The monoisotopic (exact) mass is 231 g/mol. The summed E-state index contributed by atoms with van der Waals surface area (Å²) in [4.78, 5) is 26.3. The Kier molecular flexibility index (Phi) is 2.70. The molecule has 0 aliphatic carbocycles. The number of benzene rings is 1. The molecule has 0 radical (unpaired) electrons. The van der Waals surface area contributed by atoms with Gasteiger partial charge in [0.2, 0.25) is 5.69 Å². The zero-order chi connectivity index (χ0) is 12.4. The number of carboxylic acids is 1. The van der Waals surface area contributed by atoms with Crippen LogP contribution in [0.5, 0.6) is 0 Å². The van der Waals surface area contributed by atoms with Crippen molar-refractivity contribution in [2.45, 2.75) is 6.92 Å². The molecule has 2 aromatic rings. The van der Waals surface area contributed by atoms with Crippen molar-refractivity contribution in [1.82, 2.24) is 14.8 Å². The molecule has 0 bridgehead atoms. The van der Waals surface area contributed by atoms with Crippen LogP contribution in [0.3, 0.4) is 0 Å². The van der Waals surface area contributed by atoms with E-state index in [9.17, 15) is 9.59 Å². The van der Waals surface area contributed by atoms with E-state index in [1.807, 2.05) is 0 Å². The van der Waals surface area contributed by atoms with Crippen molar-refractivity contribution in [2.75, 3.05) is 0 Å². The van der Waals surface area contributed by atoms with E-state index in [-0.39, 0.29) is 5.82 Å². The Bertz CT molecular complexity index is 620. The lowest BCUT2D eigenvalue weighted by molar-refractivity contribution is 0.0687. The Morgan fingerprint density at radius 3 is 2.53 bits per heavy atom. The van der Waals surface area contributed by atoms with Crippen molar-refractivity contribution in [3.8, 4) is 5.69 Å². The lowest BCUT2D eigenvalue weighted by Gasteiger charge is -2.05. The third-order valence-electron chi connectivity index (χ3n) is 2.12. The largest absolute Gasteiger partial charge is 0.476 e. The predicted molar refractivity (Wildman–Crippen MR) is 59.3 cm³/mol. The van der Waals surface area contributed by atoms with Gasteiger partial charge in [0.1, 0.15) is 5.82 Å². The van der Waals surface area contributed by atoms with E-state index >= 15 is 0 Å². The van der Waals surface area contributed by atoms with Crippen molar-refractivity contribution < 1.29 is 9.90 Å². The number of carbonyl (C=O) groups is 1. The summed E-state index contributed by atoms with van der Waals surface area (Å²) in [5.41, 5.74) is -0.763. The first-order chi connectivity index (χ1) is 8.09. The van der Waals surface area contributed by atoms with E-state index in [1.165, 1.54) is 6.92 Å². The fourth-order valence-electron chi connectivity index (χ4n) is 1.41. The lowest BCUT2D eigenvalue weighted by atomic mass is 10.3. The fraction of sp³-hybridized carbons (Fsp3) is 0.0909. The second-order valence-corrected chi connectivity index (χ2v) is 3.37. The van der Waals surface area contributed by atoms with Gasteiger partial charge in [0, 0.05) is 0 Å². The normalized spacial score (nSPS) is 10.2. The molecule has 0 spiro atoms. The molecule has 2 rings (SSSR count). The summed E-state index contributed by atoms with van der Waals surface area (Å²) in [7, 11) is 0. The molecule has 1 N–H and O–H groups in total. The van der Waals surface area contributed by atoms with Gasteiger partial charge < -0.3 is 5.11 Å². The fourth-order valence-corrected chi connectivity index (χ4v) is 1.41. The molecule has 0 saturated carbocycles. The summed E-state index contributed by atoms with van der Waals surface area (Å²) in [5, 5.41) is 12.8. The average Bonchev–Trinajstić information content (AvgIpc) is 2.32. The van der Waals surface area contributed by atoms with E-state index < -0.39 is 17.2 Å². The van der Waals surface area contributed by atoms with E-state index in [4.69, 9.17) is 5.11 Å². The van der Waals surface area contributed by atoms with Gasteiger partial charge in [-0.25, -0.2) is 9.78 Å². The number of aromatic nitrogens is 3. The van der Waals surface area contributed by atoms with E-state index in [2.05, 4.69) is 10.1 Å². The lowest BCUT2D eigenvalue weighted by Crippen LogP contribution is -2.30. The summed E-state index contributed by atoms with van der Waals surface area (Å²) in [6.07, 6.45) is 0. The maximum atomic E-state index is 11.8. The van der Waals surface area contributed by atoms with E-state index in [0.29, 0.717) is 5.69 Å². The minimum absolute atomic E-state index is 0.228. The third-order valence-corrected chi connectivity index (χ3v) is 2.12.